The van der Waals surface area contributed by atoms with Crippen molar-refractivity contribution in [2.24, 2.45) is 5.73 Å². The van der Waals surface area contributed by atoms with E-state index in [4.69, 9.17) is 10.5 Å². The van der Waals surface area contributed by atoms with E-state index in [-0.39, 0.29) is 24.0 Å². The molecule has 0 atom stereocenters. The molecule has 1 fully saturated rings. The SMILES string of the molecule is CCC(CC)(CN)NC(=O)c1cc(C)c(OCC(=O)N2CCCCC2)c(C)c1. The minimum absolute atomic E-state index is 0.0268. The van der Waals surface area contributed by atoms with Crippen LogP contribution in [0.25, 0.3) is 0 Å². The lowest BCUT2D eigenvalue weighted by Crippen LogP contribution is -2.52. The average Bonchev–Trinajstić information content (AvgIpc) is 2.71. The van der Waals surface area contributed by atoms with Gasteiger partial charge in [0.05, 0.1) is 5.54 Å². The van der Waals surface area contributed by atoms with Gasteiger partial charge < -0.3 is 20.7 Å². The first-order valence-electron chi connectivity index (χ1n) is 10.4. The summed E-state index contributed by atoms with van der Waals surface area (Å²) < 4.78 is 5.84. The highest BCUT2D eigenvalue weighted by atomic mass is 16.5. The van der Waals surface area contributed by atoms with Crippen LogP contribution in [-0.4, -0.2) is 48.5 Å². The quantitative estimate of drug-likeness (QED) is 0.716. The number of nitrogens with two attached hydrogens (primary N) is 1. The third-order valence-electron chi connectivity index (χ3n) is 5.89. The number of benzene rings is 1. The molecular weight excluding hydrogens is 354 g/mol. The average molecular weight is 390 g/mol. The Morgan fingerprint density at radius 1 is 1.11 bits per heavy atom. The Morgan fingerprint density at radius 2 is 1.68 bits per heavy atom. The Bertz CT molecular complexity index is 661. The van der Waals surface area contributed by atoms with Crippen LogP contribution in [0.5, 0.6) is 5.75 Å². The van der Waals surface area contributed by atoms with Crippen molar-refractivity contribution in [3.05, 3.63) is 28.8 Å². The Kier molecular flexibility index (Phi) is 7.87. The molecule has 156 valence electrons. The van der Waals surface area contributed by atoms with Gasteiger partial charge >= 0.3 is 0 Å². The van der Waals surface area contributed by atoms with Crippen molar-refractivity contribution in [3.8, 4) is 5.75 Å². The van der Waals surface area contributed by atoms with Crippen LogP contribution in [0.3, 0.4) is 0 Å². The van der Waals surface area contributed by atoms with Gasteiger partial charge in [-0.25, -0.2) is 0 Å². The molecule has 28 heavy (non-hydrogen) atoms. The zero-order valence-electron chi connectivity index (χ0n) is 17.8. The van der Waals surface area contributed by atoms with E-state index in [1.807, 2.05) is 44.7 Å². The van der Waals surface area contributed by atoms with Crippen LogP contribution in [0, 0.1) is 13.8 Å². The number of carbonyl (C=O) groups is 2. The third-order valence-corrected chi connectivity index (χ3v) is 5.89. The number of nitrogens with zero attached hydrogens (tertiary/aromatic N) is 1. The summed E-state index contributed by atoms with van der Waals surface area (Å²) in [6, 6.07) is 3.63. The number of hydrogen-bond donors (Lipinski definition) is 2. The van der Waals surface area contributed by atoms with Gasteiger partial charge in [-0.1, -0.05) is 13.8 Å². The number of aryl methyl sites for hydroxylation is 2. The lowest BCUT2D eigenvalue weighted by atomic mass is 9.92. The van der Waals surface area contributed by atoms with Gasteiger partial charge in [-0.15, -0.1) is 0 Å². The molecule has 0 unspecified atom stereocenters. The molecule has 1 aromatic rings. The fraction of sp³-hybridized carbons (Fsp3) is 0.636. The number of carbonyl (C=O) groups excluding carboxylic acids is 2. The van der Waals surface area contributed by atoms with Crippen LogP contribution in [0.4, 0.5) is 0 Å². The summed E-state index contributed by atoms with van der Waals surface area (Å²) in [5, 5.41) is 3.10. The van der Waals surface area contributed by atoms with E-state index in [1.165, 1.54) is 6.42 Å². The summed E-state index contributed by atoms with van der Waals surface area (Å²) in [7, 11) is 0. The Hall–Kier alpha value is -2.08. The van der Waals surface area contributed by atoms with E-state index >= 15 is 0 Å². The second-order valence-electron chi connectivity index (χ2n) is 7.81. The molecule has 3 N–H and O–H groups in total. The molecule has 1 aromatic carbocycles. The Balaban J connectivity index is 2.07. The Morgan fingerprint density at radius 3 is 2.18 bits per heavy atom. The van der Waals surface area contributed by atoms with Crippen LogP contribution in [0.15, 0.2) is 12.1 Å². The first kappa shape index (κ1) is 22.2. The molecule has 0 aromatic heterocycles. The highest BCUT2D eigenvalue weighted by molar-refractivity contribution is 5.95. The monoisotopic (exact) mass is 389 g/mol. The molecule has 1 saturated heterocycles. The molecule has 0 aliphatic carbocycles. The molecule has 2 rings (SSSR count). The first-order chi connectivity index (χ1) is 13.4. The highest BCUT2D eigenvalue weighted by Gasteiger charge is 2.27. The standard InChI is InChI=1S/C22H35N3O3/c1-5-22(6-2,15-23)24-21(27)18-12-16(3)20(17(4)13-18)28-14-19(26)25-10-8-7-9-11-25/h12-13H,5-11,14-15,23H2,1-4H3,(H,24,27). The highest BCUT2D eigenvalue weighted by Crippen LogP contribution is 2.26. The molecule has 2 amide bonds. The van der Waals surface area contributed by atoms with Gasteiger partial charge in [0.25, 0.3) is 11.8 Å². The number of likely N-dealkylation sites (tertiary alicyclic amines) is 1. The number of amides is 2. The lowest BCUT2D eigenvalue weighted by Gasteiger charge is -2.31. The fourth-order valence-corrected chi connectivity index (χ4v) is 3.76. The molecule has 0 radical (unpaired) electrons. The second-order valence-corrected chi connectivity index (χ2v) is 7.81. The van der Waals surface area contributed by atoms with Crippen molar-refractivity contribution in [1.29, 1.82) is 0 Å². The summed E-state index contributed by atoms with van der Waals surface area (Å²) >= 11 is 0. The molecule has 0 bridgehead atoms. The van der Waals surface area contributed by atoms with Crippen LogP contribution >= 0.6 is 0 Å². The molecule has 1 aliphatic heterocycles. The van der Waals surface area contributed by atoms with Crippen molar-refractivity contribution in [1.82, 2.24) is 10.2 Å². The van der Waals surface area contributed by atoms with Crippen molar-refractivity contribution in [2.75, 3.05) is 26.2 Å². The molecule has 1 heterocycles. The summed E-state index contributed by atoms with van der Waals surface area (Å²) in [5.41, 5.74) is 7.81. The van der Waals surface area contributed by atoms with Gasteiger partial charge in [-0.2, -0.15) is 0 Å². The van der Waals surface area contributed by atoms with E-state index in [0.717, 1.165) is 49.9 Å². The third kappa shape index (κ3) is 5.25. The van der Waals surface area contributed by atoms with Crippen molar-refractivity contribution in [3.63, 3.8) is 0 Å². The van der Waals surface area contributed by atoms with Gasteiger partial charge in [0, 0.05) is 25.2 Å². The zero-order valence-corrected chi connectivity index (χ0v) is 17.8. The van der Waals surface area contributed by atoms with Crippen LogP contribution in [0.2, 0.25) is 0 Å². The van der Waals surface area contributed by atoms with Crippen LogP contribution in [-0.2, 0) is 4.79 Å². The molecule has 6 heteroatoms. The number of rotatable bonds is 8. The van der Waals surface area contributed by atoms with E-state index in [1.54, 1.807) is 0 Å². The lowest BCUT2D eigenvalue weighted by molar-refractivity contribution is -0.134. The zero-order chi connectivity index (χ0) is 20.7. The normalized spacial score (nSPS) is 14.7. The van der Waals surface area contributed by atoms with Gasteiger partial charge in [0.1, 0.15) is 5.75 Å². The molecule has 0 saturated carbocycles. The minimum Gasteiger partial charge on any atom is -0.483 e. The van der Waals surface area contributed by atoms with E-state index in [9.17, 15) is 9.59 Å². The molecule has 6 nitrogen and oxygen atoms in total. The van der Waals surface area contributed by atoms with E-state index in [2.05, 4.69) is 5.32 Å². The number of ether oxygens (including phenoxy) is 1. The smallest absolute Gasteiger partial charge is 0.260 e. The van der Waals surface area contributed by atoms with Crippen LogP contribution < -0.4 is 15.8 Å². The van der Waals surface area contributed by atoms with Gasteiger partial charge in [-0.3, -0.25) is 9.59 Å². The molecule has 0 spiro atoms. The van der Waals surface area contributed by atoms with E-state index in [0.29, 0.717) is 17.9 Å². The van der Waals surface area contributed by atoms with E-state index < -0.39 is 0 Å². The second kappa shape index (κ2) is 9.92. The predicted octanol–water partition coefficient (Wildman–Crippen LogP) is 2.94. The topological polar surface area (TPSA) is 84.7 Å². The van der Waals surface area contributed by atoms with Crippen molar-refractivity contribution in [2.45, 2.75) is 65.3 Å². The number of piperidine rings is 1. The first-order valence-corrected chi connectivity index (χ1v) is 10.4. The Labute approximate surface area is 168 Å². The summed E-state index contributed by atoms with van der Waals surface area (Å²) in [5.74, 6) is 0.577. The number of nitrogens with one attached hydrogen (secondary N) is 1. The minimum atomic E-state index is -0.380. The fourth-order valence-electron chi connectivity index (χ4n) is 3.76. The summed E-state index contributed by atoms with van der Waals surface area (Å²) in [4.78, 5) is 27.0. The summed E-state index contributed by atoms with van der Waals surface area (Å²) in [6.07, 6.45) is 4.88. The van der Waals surface area contributed by atoms with Crippen molar-refractivity contribution >= 4 is 11.8 Å². The van der Waals surface area contributed by atoms with Crippen LogP contribution in [0.1, 0.15) is 67.4 Å². The predicted molar refractivity (Wildman–Crippen MR) is 112 cm³/mol. The van der Waals surface area contributed by atoms with Gasteiger partial charge in [0.2, 0.25) is 0 Å². The summed E-state index contributed by atoms with van der Waals surface area (Å²) in [6.45, 7) is 9.94. The van der Waals surface area contributed by atoms with Gasteiger partial charge in [0.15, 0.2) is 6.61 Å². The van der Waals surface area contributed by atoms with Gasteiger partial charge in [-0.05, 0) is 69.2 Å². The van der Waals surface area contributed by atoms with Crippen molar-refractivity contribution < 1.29 is 14.3 Å². The maximum Gasteiger partial charge on any atom is 0.260 e. The molecule has 1 aliphatic rings. The molecular formula is C22H35N3O3. The number of hydrogen-bond acceptors (Lipinski definition) is 4. The largest absolute Gasteiger partial charge is 0.483 e. The maximum atomic E-state index is 12.8. The maximum absolute atomic E-state index is 12.8.